The Morgan fingerprint density at radius 2 is 1.63 bits per heavy atom. The minimum absolute atomic E-state index is 0.0123. The van der Waals surface area contributed by atoms with Crippen LogP contribution in [0.25, 0.3) is 0 Å². The number of sulfonamides is 1. The highest BCUT2D eigenvalue weighted by molar-refractivity contribution is 9.10. The molecule has 0 saturated carbocycles. The van der Waals surface area contributed by atoms with Gasteiger partial charge in [0.05, 0.1) is 5.69 Å². The van der Waals surface area contributed by atoms with E-state index in [2.05, 4.69) is 15.9 Å². The van der Waals surface area contributed by atoms with Crippen molar-refractivity contribution in [3.63, 3.8) is 0 Å². The van der Waals surface area contributed by atoms with E-state index < -0.39 is 15.8 Å². The molecule has 0 heterocycles. The first kappa shape index (κ1) is 14.0. The Balaban J connectivity index is 2.52. The zero-order valence-electron chi connectivity index (χ0n) is 10.0. The molecular weight excluding hydrogens is 333 g/mol. The van der Waals surface area contributed by atoms with Gasteiger partial charge in [-0.05, 0) is 40.2 Å². The molecule has 3 nitrogen and oxygen atoms in total. The Bertz CT molecular complexity index is 703. The number of rotatable bonds is 3. The molecule has 100 valence electrons. The van der Waals surface area contributed by atoms with Crippen molar-refractivity contribution in [2.75, 3.05) is 11.4 Å². The molecule has 0 aliphatic heterocycles. The van der Waals surface area contributed by atoms with Crippen molar-refractivity contribution < 1.29 is 12.8 Å². The van der Waals surface area contributed by atoms with Crippen LogP contribution >= 0.6 is 15.9 Å². The molecule has 0 bridgehead atoms. The third kappa shape index (κ3) is 2.64. The fourth-order valence-corrected chi connectivity index (χ4v) is 3.80. The van der Waals surface area contributed by atoms with Crippen LogP contribution in [0, 0.1) is 5.82 Å². The quantitative estimate of drug-likeness (QED) is 0.856. The minimum atomic E-state index is -3.80. The van der Waals surface area contributed by atoms with Crippen molar-refractivity contribution in [1.82, 2.24) is 0 Å². The first-order valence-electron chi connectivity index (χ1n) is 5.42. The molecule has 0 fully saturated rings. The molecule has 0 spiro atoms. The molecule has 2 aromatic rings. The summed E-state index contributed by atoms with van der Waals surface area (Å²) in [4.78, 5) is 0.0979. The molecule has 0 aliphatic carbocycles. The highest BCUT2D eigenvalue weighted by atomic mass is 79.9. The van der Waals surface area contributed by atoms with Gasteiger partial charge in [-0.3, -0.25) is 4.31 Å². The predicted molar refractivity (Wildman–Crippen MR) is 76.1 cm³/mol. The third-order valence-electron chi connectivity index (χ3n) is 2.67. The number of halogens is 2. The number of benzene rings is 2. The van der Waals surface area contributed by atoms with Gasteiger partial charge < -0.3 is 0 Å². The fraction of sp³-hybridized carbons (Fsp3) is 0.0769. The molecule has 2 aromatic carbocycles. The van der Waals surface area contributed by atoms with Gasteiger partial charge in [0.1, 0.15) is 10.7 Å². The second-order valence-corrected chi connectivity index (χ2v) is 6.65. The molecule has 6 heteroatoms. The molecule has 0 aromatic heterocycles. The fourth-order valence-electron chi connectivity index (χ4n) is 1.64. The van der Waals surface area contributed by atoms with Gasteiger partial charge in [-0.1, -0.05) is 24.3 Å². The molecule has 2 rings (SSSR count). The summed E-state index contributed by atoms with van der Waals surface area (Å²) in [5.74, 6) is -0.583. The Kier molecular flexibility index (Phi) is 3.91. The van der Waals surface area contributed by atoms with Gasteiger partial charge in [-0.25, -0.2) is 12.8 Å². The monoisotopic (exact) mass is 343 g/mol. The molecule has 0 radical (unpaired) electrons. The maximum Gasteiger partial charge on any atom is 0.265 e. The molecule has 0 aliphatic rings. The third-order valence-corrected chi connectivity index (χ3v) is 5.45. The Hall–Kier alpha value is -1.40. The van der Waals surface area contributed by atoms with E-state index in [1.54, 1.807) is 24.3 Å². The van der Waals surface area contributed by atoms with Crippen LogP contribution < -0.4 is 4.31 Å². The number of hydrogen-bond donors (Lipinski definition) is 0. The highest BCUT2D eigenvalue weighted by Gasteiger charge is 2.25. The summed E-state index contributed by atoms with van der Waals surface area (Å²) in [6.45, 7) is 0. The maximum absolute atomic E-state index is 13.7. The van der Waals surface area contributed by atoms with E-state index in [9.17, 15) is 12.8 Å². The van der Waals surface area contributed by atoms with Crippen molar-refractivity contribution in [3.8, 4) is 0 Å². The summed E-state index contributed by atoms with van der Waals surface area (Å²) in [6, 6.07) is 12.2. The van der Waals surface area contributed by atoms with Gasteiger partial charge in [-0.2, -0.15) is 0 Å². The Morgan fingerprint density at radius 1 is 1.05 bits per heavy atom. The summed E-state index contributed by atoms with van der Waals surface area (Å²) < 4.78 is 39.9. The van der Waals surface area contributed by atoms with E-state index in [4.69, 9.17) is 0 Å². The SMILES string of the molecule is CN(c1ccccc1F)S(=O)(=O)c1ccccc1Br. The minimum Gasteiger partial charge on any atom is -0.266 e. The van der Waals surface area contributed by atoms with Crippen LogP contribution in [0.3, 0.4) is 0 Å². The smallest absolute Gasteiger partial charge is 0.265 e. The lowest BCUT2D eigenvalue weighted by Crippen LogP contribution is -2.27. The standard InChI is InChI=1S/C13H11BrFNO2S/c1-16(12-8-4-3-7-11(12)15)19(17,18)13-9-5-2-6-10(13)14/h2-9H,1H3. The topological polar surface area (TPSA) is 37.4 Å². The molecule has 0 saturated heterocycles. The van der Waals surface area contributed by atoms with Gasteiger partial charge in [-0.15, -0.1) is 0 Å². The van der Waals surface area contributed by atoms with E-state index in [0.717, 1.165) is 4.31 Å². The molecule has 0 atom stereocenters. The van der Waals surface area contributed by atoms with Gasteiger partial charge in [0.15, 0.2) is 0 Å². The average Bonchev–Trinajstić information content (AvgIpc) is 2.39. The number of nitrogens with zero attached hydrogens (tertiary/aromatic N) is 1. The van der Waals surface area contributed by atoms with Gasteiger partial charge >= 0.3 is 0 Å². The van der Waals surface area contributed by atoms with E-state index in [1.807, 2.05) is 0 Å². The van der Waals surface area contributed by atoms with E-state index in [1.165, 1.54) is 31.3 Å². The van der Waals surface area contributed by atoms with Crippen LogP contribution in [0.5, 0.6) is 0 Å². The second-order valence-electron chi connectivity index (χ2n) is 3.85. The summed E-state index contributed by atoms with van der Waals surface area (Å²) >= 11 is 3.19. The lowest BCUT2D eigenvalue weighted by atomic mass is 10.3. The summed E-state index contributed by atoms with van der Waals surface area (Å²) in [5, 5.41) is 0. The molecule has 0 unspecified atom stereocenters. The van der Waals surface area contributed by atoms with Crippen LogP contribution in [0.2, 0.25) is 0 Å². The van der Waals surface area contributed by atoms with Crippen LogP contribution in [0.1, 0.15) is 0 Å². The highest BCUT2D eigenvalue weighted by Crippen LogP contribution is 2.28. The van der Waals surface area contributed by atoms with E-state index in [-0.39, 0.29) is 10.6 Å². The van der Waals surface area contributed by atoms with Crippen molar-refractivity contribution in [1.29, 1.82) is 0 Å². The molecule has 0 N–H and O–H groups in total. The first-order chi connectivity index (χ1) is 8.94. The van der Waals surface area contributed by atoms with Crippen molar-refractivity contribution in [2.45, 2.75) is 4.90 Å². The number of anilines is 1. The van der Waals surface area contributed by atoms with Gasteiger partial charge in [0.25, 0.3) is 10.0 Å². The van der Waals surface area contributed by atoms with Crippen LogP contribution in [-0.4, -0.2) is 15.5 Å². The lowest BCUT2D eigenvalue weighted by molar-refractivity contribution is 0.589. The van der Waals surface area contributed by atoms with Crippen molar-refractivity contribution in [3.05, 3.63) is 58.8 Å². The second kappa shape index (κ2) is 5.30. The first-order valence-corrected chi connectivity index (χ1v) is 7.66. The van der Waals surface area contributed by atoms with Crippen LogP contribution in [0.15, 0.2) is 57.9 Å². The zero-order valence-corrected chi connectivity index (χ0v) is 12.4. The normalized spacial score (nSPS) is 11.3. The van der Waals surface area contributed by atoms with Crippen LogP contribution in [0.4, 0.5) is 10.1 Å². The largest absolute Gasteiger partial charge is 0.266 e. The van der Waals surface area contributed by atoms with Crippen LogP contribution in [-0.2, 0) is 10.0 Å². The lowest BCUT2D eigenvalue weighted by Gasteiger charge is -2.20. The summed E-state index contributed by atoms with van der Waals surface area (Å²) in [6.07, 6.45) is 0. The van der Waals surface area contributed by atoms with Gasteiger partial charge in [0, 0.05) is 11.5 Å². The van der Waals surface area contributed by atoms with Gasteiger partial charge in [0.2, 0.25) is 0 Å². The number of para-hydroxylation sites is 1. The summed E-state index contributed by atoms with van der Waals surface area (Å²) in [7, 11) is -2.47. The summed E-state index contributed by atoms with van der Waals surface area (Å²) in [5.41, 5.74) is 0.0123. The Labute approximate surface area is 119 Å². The van der Waals surface area contributed by atoms with Crippen molar-refractivity contribution >= 4 is 31.6 Å². The molecular formula is C13H11BrFNO2S. The van der Waals surface area contributed by atoms with Crippen molar-refractivity contribution in [2.24, 2.45) is 0 Å². The predicted octanol–water partition coefficient (Wildman–Crippen LogP) is 3.41. The molecule has 0 amide bonds. The van der Waals surface area contributed by atoms with E-state index >= 15 is 0 Å². The molecule has 19 heavy (non-hydrogen) atoms. The maximum atomic E-state index is 13.7. The zero-order chi connectivity index (χ0) is 14.0. The Morgan fingerprint density at radius 3 is 2.26 bits per heavy atom. The number of hydrogen-bond acceptors (Lipinski definition) is 2. The van der Waals surface area contributed by atoms with E-state index in [0.29, 0.717) is 4.47 Å². The average molecular weight is 344 g/mol.